The third kappa shape index (κ3) is 1.65. The number of hydrogen-bond donors (Lipinski definition) is 2. The molecule has 0 aliphatic rings. The highest BCUT2D eigenvalue weighted by Gasteiger charge is 2.15. The van der Waals surface area contributed by atoms with E-state index >= 15 is 0 Å². The number of aliphatic hydroxyl groups excluding tert-OH is 1. The molecule has 1 atom stereocenters. The SMILES string of the molecule is Cc1noc(C)c1[C@@H](N)CCO. The van der Waals surface area contributed by atoms with Gasteiger partial charge >= 0.3 is 0 Å². The Labute approximate surface area is 71.4 Å². The molecule has 3 N–H and O–H groups in total. The van der Waals surface area contributed by atoms with Gasteiger partial charge in [0.1, 0.15) is 5.76 Å². The Bertz CT molecular complexity index is 238. The molecule has 0 aliphatic heterocycles. The number of nitrogens with two attached hydrogens (primary N) is 1. The fourth-order valence-electron chi connectivity index (χ4n) is 1.30. The van der Waals surface area contributed by atoms with Crippen LogP contribution >= 0.6 is 0 Å². The number of aliphatic hydroxyl groups is 1. The second-order valence-electron chi connectivity index (χ2n) is 2.86. The smallest absolute Gasteiger partial charge is 0.138 e. The lowest BCUT2D eigenvalue weighted by molar-refractivity contribution is 0.276. The molecule has 1 aromatic heterocycles. The maximum atomic E-state index is 8.69. The highest BCUT2D eigenvalue weighted by molar-refractivity contribution is 5.24. The van der Waals surface area contributed by atoms with E-state index in [9.17, 15) is 0 Å². The summed E-state index contributed by atoms with van der Waals surface area (Å²) in [4.78, 5) is 0. The van der Waals surface area contributed by atoms with Crippen LogP contribution in [0.5, 0.6) is 0 Å². The maximum Gasteiger partial charge on any atom is 0.138 e. The van der Waals surface area contributed by atoms with Crippen molar-refractivity contribution in [2.75, 3.05) is 6.61 Å². The summed E-state index contributed by atoms with van der Waals surface area (Å²) in [6.45, 7) is 3.76. The minimum atomic E-state index is -0.166. The van der Waals surface area contributed by atoms with Gasteiger partial charge in [0.05, 0.1) is 5.69 Å². The molecule has 0 bridgehead atoms. The van der Waals surface area contributed by atoms with E-state index < -0.39 is 0 Å². The van der Waals surface area contributed by atoms with Gasteiger partial charge in [-0.2, -0.15) is 0 Å². The summed E-state index contributed by atoms with van der Waals surface area (Å²) in [6.07, 6.45) is 0.545. The van der Waals surface area contributed by atoms with Gasteiger partial charge in [0.15, 0.2) is 0 Å². The van der Waals surface area contributed by atoms with Crippen molar-refractivity contribution in [2.45, 2.75) is 26.3 Å². The average Bonchev–Trinajstić information content (AvgIpc) is 2.32. The van der Waals surface area contributed by atoms with Crippen LogP contribution in [0.2, 0.25) is 0 Å². The first-order valence-corrected chi connectivity index (χ1v) is 3.96. The van der Waals surface area contributed by atoms with Gasteiger partial charge in [0.2, 0.25) is 0 Å². The van der Waals surface area contributed by atoms with Crippen LogP contribution < -0.4 is 5.73 Å². The Morgan fingerprint density at radius 3 is 2.67 bits per heavy atom. The summed E-state index contributed by atoms with van der Waals surface area (Å²) in [5.74, 6) is 0.744. The van der Waals surface area contributed by atoms with Crippen molar-refractivity contribution in [3.63, 3.8) is 0 Å². The van der Waals surface area contributed by atoms with Gasteiger partial charge in [-0.05, 0) is 20.3 Å². The third-order valence-corrected chi connectivity index (χ3v) is 1.90. The fourth-order valence-corrected chi connectivity index (χ4v) is 1.30. The molecule has 1 rings (SSSR count). The van der Waals surface area contributed by atoms with Gasteiger partial charge in [-0.1, -0.05) is 5.16 Å². The lowest BCUT2D eigenvalue weighted by atomic mass is 10.0. The van der Waals surface area contributed by atoms with E-state index in [1.54, 1.807) is 0 Å². The molecule has 0 saturated heterocycles. The van der Waals surface area contributed by atoms with Gasteiger partial charge in [-0.25, -0.2) is 0 Å². The Balaban J connectivity index is 2.85. The summed E-state index contributed by atoms with van der Waals surface area (Å²) >= 11 is 0. The monoisotopic (exact) mass is 170 g/mol. The molecule has 0 radical (unpaired) electrons. The molecule has 0 saturated carbocycles. The molecule has 1 heterocycles. The van der Waals surface area contributed by atoms with Crippen LogP contribution in [0.3, 0.4) is 0 Å². The number of nitrogens with zero attached hydrogens (tertiary/aromatic N) is 1. The van der Waals surface area contributed by atoms with Crippen molar-refractivity contribution in [1.82, 2.24) is 5.16 Å². The van der Waals surface area contributed by atoms with Crippen molar-refractivity contribution in [2.24, 2.45) is 5.73 Å². The zero-order valence-electron chi connectivity index (χ0n) is 7.37. The first-order valence-electron chi connectivity index (χ1n) is 3.96. The Hall–Kier alpha value is -0.870. The van der Waals surface area contributed by atoms with Crippen molar-refractivity contribution in [3.05, 3.63) is 17.0 Å². The maximum absolute atomic E-state index is 8.69. The van der Waals surface area contributed by atoms with E-state index in [-0.39, 0.29) is 12.6 Å². The molecule has 4 nitrogen and oxygen atoms in total. The third-order valence-electron chi connectivity index (χ3n) is 1.90. The normalized spacial score (nSPS) is 13.3. The minimum absolute atomic E-state index is 0.0885. The van der Waals surface area contributed by atoms with Crippen LogP contribution in [0.25, 0.3) is 0 Å². The van der Waals surface area contributed by atoms with Crippen molar-refractivity contribution in [1.29, 1.82) is 0 Å². The largest absolute Gasteiger partial charge is 0.396 e. The molecule has 4 heteroatoms. The van der Waals surface area contributed by atoms with Crippen LogP contribution in [0.4, 0.5) is 0 Å². The zero-order valence-corrected chi connectivity index (χ0v) is 7.37. The van der Waals surface area contributed by atoms with E-state index in [2.05, 4.69) is 5.16 Å². The first-order chi connectivity index (χ1) is 5.66. The van der Waals surface area contributed by atoms with E-state index in [4.69, 9.17) is 15.4 Å². The molecule has 0 unspecified atom stereocenters. The van der Waals surface area contributed by atoms with E-state index in [0.717, 1.165) is 17.0 Å². The molecule has 0 fully saturated rings. The van der Waals surface area contributed by atoms with E-state index in [1.807, 2.05) is 13.8 Å². The molecule has 12 heavy (non-hydrogen) atoms. The number of aromatic nitrogens is 1. The van der Waals surface area contributed by atoms with Crippen LogP contribution in [0.1, 0.15) is 29.5 Å². The molecule has 1 aromatic rings. The second kappa shape index (κ2) is 3.69. The summed E-state index contributed by atoms with van der Waals surface area (Å²) in [5.41, 5.74) is 7.53. The Kier molecular flexibility index (Phi) is 2.83. The van der Waals surface area contributed by atoms with Crippen molar-refractivity contribution in [3.8, 4) is 0 Å². The first kappa shape index (κ1) is 9.22. The average molecular weight is 170 g/mol. The van der Waals surface area contributed by atoms with Gasteiger partial charge in [0.25, 0.3) is 0 Å². The lowest BCUT2D eigenvalue weighted by Gasteiger charge is -2.08. The molecular formula is C8H14N2O2. The van der Waals surface area contributed by atoms with Gasteiger partial charge in [0, 0.05) is 18.2 Å². The topological polar surface area (TPSA) is 72.3 Å². The van der Waals surface area contributed by atoms with Gasteiger partial charge < -0.3 is 15.4 Å². The minimum Gasteiger partial charge on any atom is -0.396 e. The lowest BCUT2D eigenvalue weighted by Crippen LogP contribution is -2.13. The molecule has 0 spiro atoms. The molecule has 0 aromatic carbocycles. The standard InChI is InChI=1S/C8H14N2O2/c1-5-8(6(2)12-10-5)7(9)3-4-11/h7,11H,3-4,9H2,1-2H3/t7-/m0/s1. The van der Waals surface area contributed by atoms with Crippen LogP contribution in [0, 0.1) is 13.8 Å². The molecule has 0 aliphatic carbocycles. The molecule has 0 amide bonds. The predicted molar refractivity (Wildman–Crippen MR) is 44.6 cm³/mol. The fraction of sp³-hybridized carbons (Fsp3) is 0.625. The highest BCUT2D eigenvalue weighted by atomic mass is 16.5. The van der Waals surface area contributed by atoms with Crippen molar-refractivity contribution >= 4 is 0 Å². The molecular weight excluding hydrogens is 156 g/mol. The van der Waals surface area contributed by atoms with Crippen LogP contribution in [-0.2, 0) is 0 Å². The zero-order chi connectivity index (χ0) is 9.14. The van der Waals surface area contributed by atoms with Crippen LogP contribution in [-0.4, -0.2) is 16.9 Å². The number of aryl methyl sites for hydroxylation is 2. The number of rotatable bonds is 3. The van der Waals surface area contributed by atoms with E-state index in [1.165, 1.54) is 0 Å². The molecule has 68 valence electrons. The van der Waals surface area contributed by atoms with E-state index in [0.29, 0.717) is 6.42 Å². The van der Waals surface area contributed by atoms with Gasteiger partial charge in [-0.3, -0.25) is 0 Å². The Morgan fingerprint density at radius 1 is 1.58 bits per heavy atom. The Morgan fingerprint density at radius 2 is 2.25 bits per heavy atom. The van der Waals surface area contributed by atoms with Gasteiger partial charge in [-0.15, -0.1) is 0 Å². The highest BCUT2D eigenvalue weighted by Crippen LogP contribution is 2.21. The summed E-state index contributed by atoms with van der Waals surface area (Å²) < 4.78 is 4.95. The van der Waals surface area contributed by atoms with Crippen molar-refractivity contribution < 1.29 is 9.63 Å². The summed E-state index contributed by atoms with van der Waals surface area (Å²) in [6, 6.07) is -0.166. The van der Waals surface area contributed by atoms with Crippen LogP contribution in [0.15, 0.2) is 4.52 Å². The number of hydrogen-bond acceptors (Lipinski definition) is 4. The quantitative estimate of drug-likeness (QED) is 0.699. The second-order valence-corrected chi connectivity index (χ2v) is 2.86. The summed E-state index contributed by atoms with van der Waals surface area (Å²) in [5, 5.41) is 12.5. The summed E-state index contributed by atoms with van der Waals surface area (Å²) in [7, 11) is 0. The predicted octanol–water partition coefficient (Wildman–Crippen LogP) is 0.674.